The van der Waals surface area contributed by atoms with Gasteiger partial charge in [-0.25, -0.2) is 4.79 Å². The molecule has 1 N–H and O–H groups in total. The summed E-state index contributed by atoms with van der Waals surface area (Å²) in [5.74, 6) is -1.49. The summed E-state index contributed by atoms with van der Waals surface area (Å²) in [7, 11) is 0. The first-order valence-corrected chi connectivity index (χ1v) is 5.29. The molecule has 0 saturated heterocycles. The number of ether oxygens (including phenoxy) is 1. The first-order chi connectivity index (χ1) is 8.21. The van der Waals surface area contributed by atoms with Crippen LogP contribution in [0.2, 0.25) is 0 Å². The number of halogens is 3. The number of hydrogen-bond donors (Lipinski definition) is 1. The van der Waals surface area contributed by atoms with E-state index in [4.69, 9.17) is 9.84 Å². The zero-order chi connectivity index (χ0) is 13.9. The monoisotopic (exact) mass is 262 g/mol. The highest BCUT2D eigenvalue weighted by atomic mass is 19.4. The van der Waals surface area contributed by atoms with E-state index < -0.39 is 17.7 Å². The maximum atomic E-state index is 12.5. The summed E-state index contributed by atoms with van der Waals surface area (Å²) in [5.41, 5.74) is -1.20. The van der Waals surface area contributed by atoms with E-state index >= 15 is 0 Å². The second-order valence-corrected chi connectivity index (χ2v) is 4.22. The Morgan fingerprint density at radius 3 is 2.44 bits per heavy atom. The van der Waals surface area contributed by atoms with Gasteiger partial charge in [0.15, 0.2) is 0 Å². The van der Waals surface area contributed by atoms with Crippen molar-refractivity contribution in [3.05, 3.63) is 29.3 Å². The molecule has 6 heteroatoms. The third kappa shape index (κ3) is 3.65. The van der Waals surface area contributed by atoms with Crippen molar-refractivity contribution in [1.82, 2.24) is 0 Å². The van der Waals surface area contributed by atoms with Crippen LogP contribution in [0.3, 0.4) is 0 Å². The summed E-state index contributed by atoms with van der Waals surface area (Å²) >= 11 is 0. The van der Waals surface area contributed by atoms with Crippen LogP contribution in [-0.2, 0) is 6.18 Å². The SMILES string of the molecule is CC(C)COc1cc(C(F)(F)F)ccc1C(=O)O. The van der Waals surface area contributed by atoms with Crippen LogP contribution in [0.5, 0.6) is 5.75 Å². The molecule has 1 rings (SSSR count). The molecule has 18 heavy (non-hydrogen) atoms. The Balaban J connectivity index is 3.12. The lowest BCUT2D eigenvalue weighted by Gasteiger charge is -2.14. The van der Waals surface area contributed by atoms with E-state index in [-0.39, 0.29) is 23.8 Å². The third-order valence-corrected chi connectivity index (χ3v) is 2.11. The van der Waals surface area contributed by atoms with Gasteiger partial charge in [-0.3, -0.25) is 0 Å². The number of carbonyl (C=O) groups is 1. The molecule has 0 aliphatic carbocycles. The van der Waals surface area contributed by atoms with Crippen molar-refractivity contribution in [2.45, 2.75) is 20.0 Å². The van der Waals surface area contributed by atoms with Crippen molar-refractivity contribution >= 4 is 5.97 Å². The number of benzene rings is 1. The minimum atomic E-state index is -4.52. The van der Waals surface area contributed by atoms with Gasteiger partial charge in [-0.2, -0.15) is 13.2 Å². The van der Waals surface area contributed by atoms with E-state index in [1.807, 2.05) is 13.8 Å². The predicted molar refractivity (Wildman–Crippen MR) is 58.7 cm³/mol. The summed E-state index contributed by atoms with van der Waals surface area (Å²) in [6.07, 6.45) is -4.52. The highest BCUT2D eigenvalue weighted by molar-refractivity contribution is 5.91. The highest BCUT2D eigenvalue weighted by Crippen LogP contribution is 2.33. The molecule has 1 aromatic rings. The van der Waals surface area contributed by atoms with Gasteiger partial charge in [0.1, 0.15) is 11.3 Å². The standard InChI is InChI=1S/C12H13F3O3/c1-7(2)6-18-10-5-8(12(13,14)15)3-4-9(10)11(16)17/h3-5,7H,6H2,1-2H3,(H,16,17). The number of carboxylic acids is 1. The predicted octanol–water partition coefficient (Wildman–Crippen LogP) is 3.44. The Labute approximate surface area is 102 Å². The molecule has 0 atom stereocenters. The number of hydrogen-bond acceptors (Lipinski definition) is 2. The summed E-state index contributed by atoms with van der Waals surface area (Å²) in [6, 6.07) is 2.35. The van der Waals surface area contributed by atoms with Gasteiger partial charge in [-0.05, 0) is 24.1 Å². The van der Waals surface area contributed by atoms with Crippen LogP contribution in [-0.4, -0.2) is 17.7 Å². The van der Waals surface area contributed by atoms with Gasteiger partial charge in [0.25, 0.3) is 0 Å². The fourth-order valence-corrected chi connectivity index (χ4v) is 1.25. The zero-order valence-electron chi connectivity index (χ0n) is 9.91. The fourth-order valence-electron chi connectivity index (χ4n) is 1.25. The lowest BCUT2D eigenvalue weighted by atomic mass is 10.1. The molecule has 0 bridgehead atoms. The minimum absolute atomic E-state index is 0.0844. The van der Waals surface area contributed by atoms with E-state index in [9.17, 15) is 18.0 Å². The molecule has 0 unspecified atom stereocenters. The first kappa shape index (κ1) is 14.3. The van der Waals surface area contributed by atoms with Crippen molar-refractivity contribution in [2.75, 3.05) is 6.61 Å². The van der Waals surface area contributed by atoms with Gasteiger partial charge < -0.3 is 9.84 Å². The fraction of sp³-hybridized carbons (Fsp3) is 0.417. The summed E-state index contributed by atoms with van der Waals surface area (Å²) in [4.78, 5) is 10.9. The number of carboxylic acid groups (broad SMARTS) is 1. The molecule has 1 aromatic carbocycles. The van der Waals surface area contributed by atoms with Gasteiger partial charge >= 0.3 is 12.1 Å². The van der Waals surface area contributed by atoms with E-state index in [0.29, 0.717) is 6.07 Å². The molecule has 0 heterocycles. The van der Waals surface area contributed by atoms with Gasteiger partial charge in [0, 0.05) is 0 Å². The molecule has 0 amide bonds. The normalized spacial score (nSPS) is 11.7. The van der Waals surface area contributed by atoms with Crippen LogP contribution in [0.1, 0.15) is 29.8 Å². The summed E-state index contributed by atoms with van der Waals surface area (Å²) in [6.45, 7) is 3.78. The molecule has 3 nitrogen and oxygen atoms in total. The van der Waals surface area contributed by atoms with Gasteiger partial charge in [0.2, 0.25) is 0 Å². The Kier molecular flexibility index (Phi) is 4.21. The molecule has 0 radical (unpaired) electrons. The van der Waals surface area contributed by atoms with Gasteiger partial charge in [0.05, 0.1) is 12.2 Å². The van der Waals surface area contributed by atoms with Crippen molar-refractivity contribution in [2.24, 2.45) is 5.92 Å². The Morgan fingerprint density at radius 1 is 1.39 bits per heavy atom. The van der Waals surface area contributed by atoms with Crippen molar-refractivity contribution in [3.63, 3.8) is 0 Å². The topological polar surface area (TPSA) is 46.5 Å². The number of aromatic carboxylic acids is 1. The molecular formula is C12H13F3O3. The molecular weight excluding hydrogens is 249 g/mol. The van der Waals surface area contributed by atoms with Crippen LogP contribution in [0.25, 0.3) is 0 Å². The van der Waals surface area contributed by atoms with Crippen LogP contribution >= 0.6 is 0 Å². The van der Waals surface area contributed by atoms with Crippen LogP contribution < -0.4 is 4.74 Å². The molecule has 0 aliphatic rings. The Bertz CT molecular complexity index is 439. The molecule has 0 saturated carbocycles. The largest absolute Gasteiger partial charge is 0.492 e. The lowest BCUT2D eigenvalue weighted by Crippen LogP contribution is -2.11. The van der Waals surface area contributed by atoms with Crippen molar-refractivity contribution in [3.8, 4) is 5.75 Å². The number of rotatable bonds is 4. The van der Waals surface area contributed by atoms with Gasteiger partial charge in [-0.1, -0.05) is 13.8 Å². The second kappa shape index (κ2) is 5.29. The van der Waals surface area contributed by atoms with Crippen molar-refractivity contribution in [1.29, 1.82) is 0 Å². The highest BCUT2D eigenvalue weighted by Gasteiger charge is 2.31. The van der Waals surface area contributed by atoms with E-state index in [2.05, 4.69) is 0 Å². The second-order valence-electron chi connectivity index (χ2n) is 4.22. The van der Waals surface area contributed by atoms with Crippen LogP contribution in [0.15, 0.2) is 18.2 Å². The van der Waals surface area contributed by atoms with Crippen LogP contribution in [0, 0.1) is 5.92 Å². The average Bonchev–Trinajstić information content (AvgIpc) is 2.24. The lowest BCUT2D eigenvalue weighted by molar-refractivity contribution is -0.137. The van der Waals surface area contributed by atoms with E-state index in [1.54, 1.807) is 0 Å². The van der Waals surface area contributed by atoms with E-state index in [0.717, 1.165) is 12.1 Å². The summed E-state index contributed by atoms with van der Waals surface area (Å²) < 4.78 is 42.6. The molecule has 0 aromatic heterocycles. The average molecular weight is 262 g/mol. The Morgan fingerprint density at radius 2 is 2.00 bits per heavy atom. The smallest absolute Gasteiger partial charge is 0.416 e. The first-order valence-electron chi connectivity index (χ1n) is 5.29. The number of alkyl halides is 3. The van der Waals surface area contributed by atoms with Crippen LogP contribution in [0.4, 0.5) is 13.2 Å². The summed E-state index contributed by atoms with van der Waals surface area (Å²) in [5, 5.41) is 8.86. The zero-order valence-corrected chi connectivity index (χ0v) is 9.91. The quantitative estimate of drug-likeness (QED) is 0.904. The van der Waals surface area contributed by atoms with Gasteiger partial charge in [-0.15, -0.1) is 0 Å². The Hall–Kier alpha value is -1.72. The molecule has 0 aliphatic heterocycles. The van der Waals surface area contributed by atoms with Crippen molar-refractivity contribution < 1.29 is 27.8 Å². The third-order valence-electron chi connectivity index (χ3n) is 2.11. The molecule has 100 valence electrons. The minimum Gasteiger partial charge on any atom is -0.492 e. The maximum absolute atomic E-state index is 12.5. The maximum Gasteiger partial charge on any atom is 0.416 e. The molecule has 0 fully saturated rings. The van der Waals surface area contributed by atoms with E-state index in [1.165, 1.54) is 0 Å². The molecule has 0 spiro atoms.